The van der Waals surface area contributed by atoms with Gasteiger partial charge in [-0.3, -0.25) is 14.7 Å². The van der Waals surface area contributed by atoms with Crippen molar-refractivity contribution < 1.29 is 14.6 Å². The Labute approximate surface area is 105 Å². The summed E-state index contributed by atoms with van der Waals surface area (Å²) in [6.45, 7) is 1.45. The predicted molar refractivity (Wildman–Crippen MR) is 64.0 cm³/mol. The molecule has 1 aromatic rings. The molecule has 0 spiro atoms. The molecule has 1 rings (SSSR count). The first-order chi connectivity index (χ1) is 8.13. The Morgan fingerprint density at radius 3 is 3.00 bits per heavy atom. The third-order valence-electron chi connectivity index (χ3n) is 2.22. The molecular weight excluding hydrogens is 244 g/mol. The van der Waals surface area contributed by atoms with Gasteiger partial charge in [0.2, 0.25) is 0 Å². The minimum atomic E-state index is -0.869. The van der Waals surface area contributed by atoms with Gasteiger partial charge >= 0.3 is 5.97 Å². The third-order valence-corrected chi connectivity index (χ3v) is 2.56. The largest absolute Gasteiger partial charge is 0.480 e. The van der Waals surface area contributed by atoms with Crippen LogP contribution in [0.15, 0.2) is 18.5 Å². The van der Waals surface area contributed by atoms with Crippen LogP contribution in [0.25, 0.3) is 0 Å². The summed E-state index contributed by atoms with van der Waals surface area (Å²) in [5, 5.41) is 9.34. The van der Waals surface area contributed by atoms with Crippen LogP contribution in [0, 0.1) is 0 Å². The van der Waals surface area contributed by atoms with Gasteiger partial charge in [-0.25, -0.2) is 0 Å². The van der Waals surface area contributed by atoms with E-state index in [2.05, 4.69) is 4.98 Å². The third kappa shape index (κ3) is 5.12. The minimum Gasteiger partial charge on any atom is -0.480 e. The molecule has 0 aliphatic carbocycles. The second kappa shape index (κ2) is 7.21. The molecule has 6 heteroatoms. The Bertz CT molecular complexity index is 373. The lowest BCUT2D eigenvalue weighted by Gasteiger charge is -2.20. The number of carbonyl (C=O) groups is 1. The van der Waals surface area contributed by atoms with Crippen molar-refractivity contribution in [3.63, 3.8) is 0 Å². The number of ether oxygens (including phenoxy) is 1. The van der Waals surface area contributed by atoms with E-state index in [9.17, 15) is 4.79 Å². The highest BCUT2D eigenvalue weighted by Crippen LogP contribution is 2.15. The average molecular weight is 259 g/mol. The molecule has 1 aromatic heterocycles. The molecule has 0 saturated carbocycles. The van der Waals surface area contributed by atoms with Gasteiger partial charge in [0.25, 0.3) is 0 Å². The zero-order chi connectivity index (χ0) is 12.7. The molecule has 94 valence electrons. The van der Waals surface area contributed by atoms with E-state index >= 15 is 0 Å². The van der Waals surface area contributed by atoms with Gasteiger partial charge in [0.15, 0.2) is 0 Å². The number of pyridine rings is 1. The number of rotatable bonds is 7. The maximum Gasteiger partial charge on any atom is 0.317 e. The Morgan fingerprint density at radius 2 is 2.41 bits per heavy atom. The van der Waals surface area contributed by atoms with E-state index < -0.39 is 5.97 Å². The number of halogens is 1. The molecule has 0 aromatic carbocycles. The molecule has 0 aliphatic heterocycles. The van der Waals surface area contributed by atoms with Crippen molar-refractivity contribution in [1.82, 2.24) is 9.88 Å². The second-order valence-corrected chi connectivity index (χ2v) is 3.97. The first-order valence-electron chi connectivity index (χ1n) is 5.15. The number of carboxylic acids is 1. The van der Waals surface area contributed by atoms with Crippen LogP contribution in [0.4, 0.5) is 0 Å². The van der Waals surface area contributed by atoms with Crippen molar-refractivity contribution in [2.75, 3.05) is 26.8 Å². The lowest BCUT2D eigenvalue weighted by Crippen LogP contribution is -2.32. The first kappa shape index (κ1) is 13.9. The number of aromatic nitrogens is 1. The Hall–Kier alpha value is -1.17. The molecular formula is C11H15ClN2O3. The van der Waals surface area contributed by atoms with Gasteiger partial charge in [-0.2, -0.15) is 0 Å². The predicted octanol–water partition coefficient (Wildman–Crippen LogP) is 1.27. The van der Waals surface area contributed by atoms with Crippen LogP contribution in [0.1, 0.15) is 5.56 Å². The Kier molecular flexibility index (Phi) is 5.90. The molecule has 0 fully saturated rings. The SMILES string of the molecule is COCCN(CC(=O)O)Cc1ccncc1Cl. The standard InChI is InChI=1S/C11H15ClN2O3/c1-17-5-4-14(8-11(15)16)7-9-2-3-13-6-10(9)12/h2-3,6H,4-5,7-8H2,1H3,(H,15,16). The molecule has 1 N–H and O–H groups in total. The van der Waals surface area contributed by atoms with Crippen molar-refractivity contribution in [3.05, 3.63) is 29.0 Å². The van der Waals surface area contributed by atoms with Gasteiger partial charge < -0.3 is 9.84 Å². The van der Waals surface area contributed by atoms with Crippen LogP contribution in [0.2, 0.25) is 5.02 Å². The first-order valence-corrected chi connectivity index (χ1v) is 5.52. The van der Waals surface area contributed by atoms with Crippen LogP contribution in [0.5, 0.6) is 0 Å². The van der Waals surface area contributed by atoms with E-state index in [0.717, 1.165) is 5.56 Å². The molecule has 0 saturated heterocycles. The summed E-state index contributed by atoms with van der Waals surface area (Å²) in [6, 6.07) is 1.78. The lowest BCUT2D eigenvalue weighted by atomic mass is 10.2. The summed E-state index contributed by atoms with van der Waals surface area (Å²) in [4.78, 5) is 16.4. The van der Waals surface area contributed by atoms with Gasteiger partial charge in [0, 0.05) is 32.6 Å². The van der Waals surface area contributed by atoms with Gasteiger partial charge in [0.05, 0.1) is 18.2 Å². The number of methoxy groups -OCH3 is 1. The normalized spacial score (nSPS) is 10.8. The molecule has 17 heavy (non-hydrogen) atoms. The second-order valence-electron chi connectivity index (χ2n) is 3.56. The maximum atomic E-state index is 10.7. The summed E-state index contributed by atoms with van der Waals surface area (Å²) >= 11 is 5.97. The zero-order valence-electron chi connectivity index (χ0n) is 9.60. The molecule has 1 heterocycles. The zero-order valence-corrected chi connectivity index (χ0v) is 10.4. The van der Waals surface area contributed by atoms with Gasteiger partial charge in [-0.15, -0.1) is 0 Å². The molecule has 0 radical (unpaired) electrons. The molecule has 0 atom stereocenters. The average Bonchev–Trinajstić information content (AvgIpc) is 2.28. The lowest BCUT2D eigenvalue weighted by molar-refractivity contribution is -0.138. The van der Waals surface area contributed by atoms with Crippen molar-refractivity contribution in [2.45, 2.75) is 6.54 Å². The van der Waals surface area contributed by atoms with Crippen LogP contribution in [0.3, 0.4) is 0 Å². The fourth-order valence-electron chi connectivity index (χ4n) is 1.40. The molecule has 0 unspecified atom stereocenters. The number of aliphatic carboxylic acids is 1. The van der Waals surface area contributed by atoms with E-state index in [4.69, 9.17) is 21.4 Å². The highest BCUT2D eigenvalue weighted by molar-refractivity contribution is 6.31. The summed E-state index contributed by atoms with van der Waals surface area (Å²) in [7, 11) is 1.58. The number of nitrogens with zero attached hydrogens (tertiary/aromatic N) is 2. The van der Waals surface area contributed by atoms with Crippen LogP contribution >= 0.6 is 11.6 Å². The van der Waals surface area contributed by atoms with Crippen LogP contribution in [-0.4, -0.2) is 47.8 Å². The topological polar surface area (TPSA) is 62.7 Å². The summed E-state index contributed by atoms with van der Waals surface area (Å²) in [5.41, 5.74) is 0.860. The van der Waals surface area contributed by atoms with Crippen molar-refractivity contribution >= 4 is 17.6 Å². The fourth-order valence-corrected chi connectivity index (χ4v) is 1.58. The number of hydrogen-bond donors (Lipinski definition) is 1. The summed E-state index contributed by atoms with van der Waals surface area (Å²) in [6.07, 6.45) is 3.18. The van der Waals surface area contributed by atoms with Crippen molar-refractivity contribution in [2.24, 2.45) is 0 Å². The van der Waals surface area contributed by atoms with Crippen molar-refractivity contribution in [3.8, 4) is 0 Å². The van der Waals surface area contributed by atoms with Crippen LogP contribution in [-0.2, 0) is 16.1 Å². The fraction of sp³-hybridized carbons (Fsp3) is 0.455. The van der Waals surface area contributed by atoms with E-state index in [1.165, 1.54) is 0 Å². The molecule has 0 amide bonds. The number of carboxylic acid groups (broad SMARTS) is 1. The quantitative estimate of drug-likeness (QED) is 0.798. The number of hydrogen-bond acceptors (Lipinski definition) is 4. The van der Waals surface area contributed by atoms with E-state index in [1.807, 2.05) is 0 Å². The van der Waals surface area contributed by atoms with Gasteiger partial charge in [-0.1, -0.05) is 11.6 Å². The Morgan fingerprint density at radius 1 is 1.65 bits per heavy atom. The van der Waals surface area contributed by atoms with E-state index in [0.29, 0.717) is 24.7 Å². The molecule has 5 nitrogen and oxygen atoms in total. The summed E-state index contributed by atoms with van der Waals surface area (Å²) in [5.74, 6) is -0.869. The summed E-state index contributed by atoms with van der Waals surface area (Å²) < 4.78 is 4.94. The van der Waals surface area contributed by atoms with E-state index in [-0.39, 0.29) is 6.54 Å². The molecule has 0 aliphatic rings. The molecule has 0 bridgehead atoms. The van der Waals surface area contributed by atoms with E-state index in [1.54, 1.807) is 30.5 Å². The van der Waals surface area contributed by atoms with Gasteiger partial charge in [0.1, 0.15) is 0 Å². The highest BCUT2D eigenvalue weighted by Gasteiger charge is 2.11. The minimum absolute atomic E-state index is 0.0397. The Balaban J connectivity index is 2.64. The van der Waals surface area contributed by atoms with Crippen molar-refractivity contribution in [1.29, 1.82) is 0 Å². The highest BCUT2D eigenvalue weighted by atomic mass is 35.5. The van der Waals surface area contributed by atoms with Gasteiger partial charge in [-0.05, 0) is 11.6 Å². The maximum absolute atomic E-state index is 10.7. The smallest absolute Gasteiger partial charge is 0.317 e. The monoisotopic (exact) mass is 258 g/mol. The van der Waals surface area contributed by atoms with Crippen LogP contribution < -0.4 is 0 Å².